The molecule has 0 saturated heterocycles. The van der Waals surface area contributed by atoms with Crippen molar-refractivity contribution in [2.24, 2.45) is 0 Å². The zero-order valence-electron chi connectivity index (χ0n) is 11.2. The lowest BCUT2D eigenvalue weighted by atomic mass is 9.97. The van der Waals surface area contributed by atoms with E-state index in [0.717, 1.165) is 21.9 Å². The van der Waals surface area contributed by atoms with Crippen LogP contribution in [0.1, 0.15) is 11.1 Å². The van der Waals surface area contributed by atoms with E-state index in [1.165, 1.54) is 0 Å². The van der Waals surface area contributed by atoms with Crippen molar-refractivity contribution in [2.45, 2.75) is 6.61 Å². The highest BCUT2D eigenvalue weighted by Crippen LogP contribution is 2.29. The SMILES string of the molecule is C=Cc1c(COC)ccc2c(=O)oc3ccccc3c12. The van der Waals surface area contributed by atoms with E-state index in [0.29, 0.717) is 17.6 Å². The topological polar surface area (TPSA) is 39.4 Å². The number of methoxy groups -OCH3 is 1. The molecule has 1 heterocycles. The maximum atomic E-state index is 12.1. The Morgan fingerprint density at radius 3 is 2.75 bits per heavy atom. The number of ether oxygens (including phenoxy) is 1. The molecule has 20 heavy (non-hydrogen) atoms. The first-order valence-corrected chi connectivity index (χ1v) is 6.35. The molecule has 0 aliphatic heterocycles. The first-order chi connectivity index (χ1) is 9.76. The van der Waals surface area contributed by atoms with Crippen molar-refractivity contribution in [3.05, 3.63) is 64.5 Å². The third kappa shape index (κ3) is 1.84. The van der Waals surface area contributed by atoms with Gasteiger partial charge in [-0.1, -0.05) is 36.9 Å². The summed E-state index contributed by atoms with van der Waals surface area (Å²) in [7, 11) is 1.65. The summed E-state index contributed by atoms with van der Waals surface area (Å²) in [5.41, 5.74) is 2.19. The van der Waals surface area contributed by atoms with Crippen LogP contribution in [0.5, 0.6) is 0 Å². The van der Waals surface area contributed by atoms with Crippen molar-refractivity contribution >= 4 is 27.8 Å². The van der Waals surface area contributed by atoms with Gasteiger partial charge in [0.2, 0.25) is 0 Å². The molecule has 0 unspecified atom stereocenters. The smallest absolute Gasteiger partial charge is 0.344 e. The lowest BCUT2D eigenvalue weighted by molar-refractivity contribution is 0.185. The Balaban J connectivity index is 2.56. The van der Waals surface area contributed by atoms with Gasteiger partial charge in [0.25, 0.3) is 0 Å². The molecule has 3 aromatic rings. The number of para-hydroxylation sites is 1. The average Bonchev–Trinajstić information content (AvgIpc) is 2.47. The Kier molecular flexibility index (Phi) is 3.12. The standard InChI is InChI=1S/C17H14O3/c1-3-12-11(10-19-2)8-9-14-16(12)13-6-4-5-7-15(13)20-17(14)18/h3-9H,1,10H2,2H3. The van der Waals surface area contributed by atoms with Gasteiger partial charge in [0, 0.05) is 17.9 Å². The lowest BCUT2D eigenvalue weighted by Crippen LogP contribution is -2.03. The Bertz CT molecular complexity index is 859. The Hall–Kier alpha value is -2.39. The highest BCUT2D eigenvalue weighted by atomic mass is 16.5. The van der Waals surface area contributed by atoms with Gasteiger partial charge in [-0.3, -0.25) is 0 Å². The molecule has 0 N–H and O–H groups in total. The second-order valence-corrected chi connectivity index (χ2v) is 4.58. The first-order valence-electron chi connectivity index (χ1n) is 6.35. The van der Waals surface area contributed by atoms with Crippen LogP contribution in [0.2, 0.25) is 0 Å². The molecule has 2 aromatic carbocycles. The predicted octanol–water partition coefficient (Wildman–Crippen LogP) is 3.74. The van der Waals surface area contributed by atoms with E-state index >= 15 is 0 Å². The number of rotatable bonds is 3. The van der Waals surface area contributed by atoms with Crippen LogP contribution in [-0.2, 0) is 11.3 Å². The molecule has 0 saturated carbocycles. The largest absolute Gasteiger partial charge is 0.422 e. The van der Waals surface area contributed by atoms with Gasteiger partial charge in [-0.15, -0.1) is 0 Å². The minimum Gasteiger partial charge on any atom is -0.422 e. The minimum absolute atomic E-state index is 0.328. The molecule has 3 rings (SSSR count). The van der Waals surface area contributed by atoms with Crippen molar-refractivity contribution in [1.82, 2.24) is 0 Å². The highest BCUT2D eigenvalue weighted by Gasteiger charge is 2.12. The van der Waals surface area contributed by atoms with E-state index in [-0.39, 0.29) is 5.63 Å². The summed E-state index contributed by atoms with van der Waals surface area (Å²) < 4.78 is 10.6. The molecule has 0 aliphatic rings. The highest BCUT2D eigenvalue weighted by molar-refractivity contribution is 6.08. The van der Waals surface area contributed by atoms with Gasteiger partial charge < -0.3 is 9.15 Å². The van der Waals surface area contributed by atoms with Gasteiger partial charge in [0.1, 0.15) is 5.58 Å². The van der Waals surface area contributed by atoms with Crippen LogP contribution in [0.15, 0.2) is 52.2 Å². The van der Waals surface area contributed by atoms with E-state index in [1.807, 2.05) is 24.3 Å². The van der Waals surface area contributed by atoms with E-state index in [1.54, 1.807) is 25.3 Å². The number of benzene rings is 2. The van der Waals surface area contributed by atoms with Gasteiger partial charge in [-0.25, -0.2) is 4.79 Å². The quantitative estimate of drug-likeness (QED) is 0.535. The fourth-order valence-corrected chi connectivity index (χ4v) is 2.55. The fourth-order valence-electron chi connectivity index (χ4n) is 2.55. The average molecular weight is 266 g/mol. The third-order valence-electron chi connectivity index (χ3n) is 3.42. The molecule has 0 bridgehead atoms. The fraction of sp³-hybridized carbons (Fsp3) is 0.118. The molecule has 100 valence electrons. The zero-order valence-corrected chi connectivity index (χ0v) is 11.2. The summed E-state index contributed by atoms with van der Waals surface area (Å²) in [5, 5.41) is 2.36. The molecule has 0 radical (unpaired) electrons. The molecule has 0 aliphatic carbocycles. The van der Waals surface area contributed by atoms with Gasteiger partial charge in [-0.05, 0) is 23.3 Å². The predicted molar refractivity (Wildman–Crippen MR) is 80.8 cm³/mol. The van der Waals surface area contributed by atoms with Crippen molar-refractivity contribution in [2.75, 3.05) is 7.11 Å². The molecule has 3 heteroatoms. The van der Waals surface area contributed by atoms with Crippen LogP contribution in [-0.4, -0.2) is 7.11 Å². The maximum absolute atomic E-state index is 12.1. The van der Waals surface area contributed by atoms with E-state index in [4.69, 9.17) is 9.15 Å². The van der Waals surface area contributed by atoms with E-state index in [2.05, 4.69) is 6.58 Å². The summed E-state index contributed by atoms with van der Waals surface area (Å²) >= 11 is 0. The maximum Gasteiger partial charge on any atom is 0.344 e. The molecule has 0 atom stereocenters. The van der Waals surface area contributed by atoms with Crippen LogP contribution in [0, 0.1) is 0 Å². The van der Waals surface area contributed by atoms with Crippen LogP contribution in [0.4, 0.5) is 0 Å². The monoisotopic (exact) mass is 266 g/mol. The Labute approximate surface area is 116 Å². The summed E-state index contributed by atoms with van der Waals surface area (Å²) in [6.45, 7) is 4.35. The van der Waals surface area contributed by atoms with Crippen LogP contribution in [0.3, 0.4) is 0 Å². The molecular weight excluding hydrogens is 252 g/mol. The van der Waals surface area contributed by atoms with Crippen molar-refractivity contribution in [3.63, 3.8) is 0 Å². The second-order valence-electron chi connectivity index (χ2n) is 4.58. The molecule has 3 nitrogen and oxygen atoms in total. The molecule has 0 fully saturated rings. The number of fused-ring (bicyclic) bond motifs is 3. The summed E-state index contributed by atoms with van der Waals surface area (Å²) in [5.74, 6) is 0. The molecular formula is C17H14O3. The lowest BCUT2D eigenvalue weighted by Gasteiger charge is -2.10. The molecule has 1 aromatic heterocycles. The summed E-state index contributed by atoms with van der Waals surface area (Å²) in [6, 6.07) is 11.2. The van der Waals surface area contributed by atoms with Gasteiger partial charge in [0.15, 0.2) is 0 Å². The molecule has 0 amide bonds. The van der Waals surface area contributed by atoms with Crippen LogP contribution >= 0.6 is 0 Å². The van der Waals surface area contributed by atoms with E-state index in [9.17, 15) is 4.79 Å². The normalized spacial score (nSPS) is 11.1. The summed E-state index contributed by atoms with van der Waals surface area (Å²) in [4.78, 5) is 12.1. The Morgan fingerprint density at radius 2 is 2.00 bits per heavy atom. The zero-order chi connectivity index (χ0) is 14.1. The minimum atomic E-state index is -0.328. The second kappa shape index (κ2) is 4.94. The van der Waals surface area contributed by atoms with Crippen LogP contribution in [0.25, 0.3) is 27.8 Å². The summed E-state index contributed by atoms with van der Waals surface area (Å²) in [6.07, 6.45) is 1.77. The van der Waals surface area contributed by atoms with E-state index < -0.39 is 0 Å². The van der Waals surface area contributed by atoms with Gasteiger partial charge in [0.05, 0.1) is 12.0 Å². The Morgan fingerprint density at radius 1 is 1.20 bits per heavy atom. The number of hydrogen-bond acceptors (Lipinski definition) is 3. The van der Waals surface area contributed by atoms with Crippen molar-refractivity contribution < 1.29 is 9.15 Å². The van der Waals surface area contributed by atoms with Crippen molar-refractivity contribution in [1.29, 1.82) is 0 Å². The van der Waals surface area contributed by atoms with Crippen LogP contribution < -0.4 is 5.63 Å². The van der Waals surface area contributed by atoms with Gasteiger partial charge in [-0.2, -0.15) is 0 Å². The molecule has 0 spiro atoms. The first kappa shape index (κ1) is 12.6. The van der Waals surface area contributed by atoms with Crippen molar-refractivity contribution in [3.8, 4) is 0 Å². The third-order valence-corrected chi connectivity index (χ3v) is 3.42. The number of hydrogen-bond donors (Lipinski definition) is 0. The van der Waals surface area contributed by atoms with Gasteiger partial charge >= 0.3 is 5.63 Å².